The van der Waals surface area contributed by atoms with Crippen molar-refractivity contribution in [2.75, 3.05) is 0 Å². The number of carbonyl (C=O) groups is 1. The number of rotatable bonds is 3. The van der Waals surface area contributed by atoms with Gasteiger partial charge >= 0.3 is 0 Å². The molecule has 1 N–H and O–H groups in total. The largest absolute Gasteiger partial charge is 0.347 e. The molecule has 1 atom stereocenters. The average molecular weight is 343 g/mol. The van der Waals surface area contributed by atoms with Crippen LogP contribution in [0, 0.1) is 6.92 Å². The molecule has 6 nitrogen and oxygen atoms in total. The fourth-order valence-corrected chi connectivity index (χ4v) is 4.54. The maximum absolute atomic E-state index is 12.4. The van der Waals surface area contributed by atoms with E-state index in [0.717, 1.165) is 41.0 Å². The van der Waals surface area contributed by atoms with Crippen LogP contribution in [0.15, 0.2) is 0 Å². The smallest absolute Gasteiger partial charge is 0.291 e. The van der Waals surface area contributed by atoms with Crippen LogP contribution in [-0.4, -0.2) is 31.5 Å². The van der Waals surface area contributed by atoms with Crippen molar-refractivity contribution in [3.05, 3.63) is 22.1 Å². The summed E-state index contributed by atoms with van der Waals surface area (Å²) in [5.74, 6) is 0.777. The molecule has 0 aliphatic heterocycles. The van der Waals surface area contributed by atoms with Crippen molar-refractivity contribution in [2.45, 2.75) is 58.9 Å². The van der Waals surface area contributed by atoms with E-state index in [4.69, 9.17) is 4.98 Å². The molecule has 1 unspecified atom stereocenters. The number of nitrogens with zero attached hydrogens (tertiary/aromatic N) is 4. The summed E-state index contributed by atoms with van der Waals surface area (Å²) in [7, 11) is 0. The molecule has 3 aromatic rings. The van der Waals surface area contributed by atoms with Gasteiger partial charge in [-0.1, -0.05) is 6.92 Å². The molecule has 126 valence electrons. The Balaban J connectivity index is 1.89. The Hall–Kier alpha value is -2.02. The zero-order valence-corrected chi connectivity index (χ0v) is 15.0. The van der Waals surface area contributed by atoms with E-state index in [1.165, 1.54) is 23.3 Å². The summed E-state index contributed by atoms with van der Waals surface area (Å²) in [6.45, 7) is 5.93. The lowest BCUT2D eigenvalue weighted by molar-refractivity contribution is 0.0929. The highest BCUT2D eigenvalue weighted by Gasteiger charge is 2.23. The summed E-state index contributed by atoms with van der Waals surface area (Å²) in [5.41, 5.74) is 2.13. The molecule has 0 aromatic carbocycles. The molecule has 1 aliphatic rings. The minimum atomic E-state index is -0.218. The van der Waals surface area contributed by atoms with Crippen molar-refractivity contribution >= 4 is 33.1 Å². The fourth-order valence-electron chi connectivity index (χ4n) is 3.24. The molecule has 7 heteroatoms. The summed E-state index contributed by atoms with van der Waals surface area (Å²) in [5, 5.41) is 8.44. The molecule has 3 aromatic heterocycles. The normalized spacial score (nSPS) is 15.6. The minimum absolute atomic E-state index is 0.109. The Labute approximate surface area is 144 Å². The van der Waals surface area contributed by atoms with E-state index in [0.29, 0.717) is 0 Å². The van der Waals surface area contributed by atoms with Crippen LogP contribution in [0.4, 0.5) is 0 Å². The summed E-state index contributed by atoms with van der Waals surface area (Å²) in [6, 6.07) is 0.109. The number of aromatic nitrogens is 4. The standard InChI is InChI=1S/C17H21N5OS/c1-4-9(2)18-16(23)14-20-15-13-11-7-5-6-8-12(11)24-17(13)19-10(3)22(15)21-14/h9H,4-8H2,1-3H3,(H,18,23). The molecule has 0 spiro atoms. The minimum Gasteiger partial charge on any atom is -0.347 e. The van der Waals surface area contributed by atoms with Gasteiger partial charge in [-0.2, -0.15) is 4.52 Å². The van der Waals surface area contributed by atoms with Crippen molar-refractivity contribution in [3.8, 4) is 0 Å². The predicted molar refractivity (Wildman–Crippen MR) is 94.8 cm³/mol. The Morgan fingerprint density at radius 3 is 2.92 bits per heavy atom. The number of amides is 1. The SMILES string of the molecule is CCC(C)NC(=O)c1nc2c3c4c(sc3nc(C)n2n1)CCCC4. The van der Waals surface area contributed by atoms with Gasteiger partial charge in [-0.3, -0.25) is 4.79 Å². The Bertz CT molecular complexity index is 942. The summed E-state index contributed by atoms with van der Waals surface area (Å²) in [4.78, 5) is 24.1. The van der Waals surface area contributed by atoms with Crippen LogP contribution in [0.2, 0.25) is 0 Å². The molecular weight excluding hydrogens is 322 g/mol. The van der Waals surface area contributed by atoms with Crippen molar-refractivity contribution in [3.63, 3.8) is 0 Å². The third-order valence-electron chi connectivity index (χ3n) is 4.75. The van der Waals surface area contributed by atoms with Gasteiger partial charge in [-0.25, -0.2) is 9.97 Å². The van der Waals surface area contributed by atoms with Crippen LogP contribution in [0.1, 0.15) is 60.0 Å². The number of nitrogens with one attached hydrogen (secondary N) is 1. The van der Waals surface area contributed by atoms with Crippen LogP contribution >= 0.6 is 11.3 Å². The molecule has 24 heavy (non-hydrogen) atoms. The first-order chi connectivity index (χ1) is 11.6. The van der Waals surface area contributed by atoms with Gasteiger partial charge in [0.05, 0.1) is 5.39 Å². The van der Waals surface area contributed by atoms with E-state index >= 15 is 0 Å². The summed E-state index contributed by atoms with van der Waals surface area (Å²) < 4.78 is 1.72. The molecular formula is C17H21N5OS. The maximum Gasteiger partial charge on any atom is 0.291 e. The van der Waals surface area contributed by atoms with E-state index in [9.17, 15) is 4.79 Å². The number of fused-ring (bicyclic) bond motifs is 5. The first-order valence-corrected chi connectivity index (χ1v) is 9.38. The fraction of sp³-hybridized carbons (Fsp3) is 0.529. The second-order valence-electron chi connectivity index (χ2n) is 6.50. The lowest BCUT2D eigenvalue weighted by Gasteiger charge is -2.10. The van der Waals surface area contributed by atoms with Gasteiger partial charge in [0, 0.05) is 10.9 Å². The number of hydrogen-bond donors (Lipinski definition) is 1. The Kier molecular flexibility index (Phi) is 3.75. The monoisotopic (exact) mass is 343 g/mol. The summed E-state index contributed by atoms with van der Waals surface area (Å²) >= 11 is 1.77. The molecule has 1 amide bonds. The topological polar surface area (TPSA) is 72.2 Å². The molecule has 0 bridgehead atoms. The van der Waals surface area contributed by atoms with E-state index < -0.39 is 0 Å². The molecule has 0 saturated carbocycles. The van der Waals surface area contributed by atoms with E-state index in [2.05, 4.69) is 15.4 Å². The van der Waals surface area contributed by atoms with Gasteiger partial charge in [0.2, 0.25) is 5.82 Å². The molecule has 1 aliphatic carbocycles. The lowest BCUT2D eigenvalue weighted by atomic mass is 9.97. The number of thiophene rings is 1. The third kappa shape index (κ3) is 2.38. The van der Waals surface area contributed by atoms with Gasteiger partial charge in [0.25, 0.3) is 5.91 Å². The quantitative estimate of drug-likeness (QED) is 0.793. The molecule has 4 rings (SSSR count). The van der Waals surface area contributed by atoms with E-state index in [1.54, 1.807) is 15.9 Å². The van der Waals surface area contributed by atoms with Gasteiger partial charge in [0.1, 0.15) is 10.7 Å². The first-order valence-electron chi connectivity index (χ1n) is 8.57. The molecule has 3 heterocycles. The van der Waals surface area contributed by atoms with Gasteiger partial charge in [-0.05, 0) is 51.5 Å². The van der Waals surface area contributed by atoms with Crippen LogP contribution in [-0.2, 0) is 12.8 Å². The Morgan fingerprint density at radius 1 is 1.33 bits per heavy atom. The van der Waals surface area contributed by atoms with Crippen LogP contribution < -0.4 is 5.32 Å². The number of carbonyl (C=O) groups excluding carboxylic acids is 1. The van der Waals surface area contributed by atoms with Crippen LogP contribution in [0.25, 0.3) is 15.9 Å². The van der Waals surface area contributed by atoms with Crippen molar-refractivity contribution < 1.29 is 4.79 Å². The number of aryl methyl sites for hydroxylation is 3. The maximum atomic E-state index is 12.4. The van der Waals surface area contributed by atoms with Gasteiger partial charge < -0.3 is 5.32 Å². The van der Waals surface area contributed by atoms with Crippen molar-refractivity contribution in [2.24, 2.45) is 0 Å². The van der Waals surface area contributed by atoms with Gasteiger partial charge in [-0.15, -0.1) is 16.4 Å². The van der Waals surface area contributed by atoms with Crippen LogP contribution in [0.5, 0.6) is 0 Å². The highest BCUT2D eigenvalue weighted by molar-refractivity contribution is 7.19. The molecule has 0 saturated heterocycles. The Morgan fingerprint density at radius 2 is 2.12 bits per heavy atom. The van der Waals surface area contributed by atoms with Gasteiger partial charge in [0.15, 0.2) is 5.65 Å². The zero-order valence-electron chi connectivity index (χ0n) is 14.2. The van der Waals surface area contributed by atoms with E-state index in [1.807, 2.05) is 20.8 Å². The predicted octanol–water partition coefficient (Wildman–Crippen LogP) is 3.05. The molecule has 0 fully saturated rings. The second-order valence-corrected chi connectivity index (χ2v) is 7.59. The van der Waals surface area contributed by atoms with Crippen LogP contribution in [0.3, 0.4) is 0 Å². The molecule has 0 radical (unpaired) electrons. The van der Waals surface area contributed by atoms with E-state index in [-0.39, 0.29) is 17.8 Å². The highest BCUT2D eigenvalue weighted by atomic mass is 32.1. The average Bonchev–Trinajstić information content (AvgIpc) is 3.15. The third-order valence-corrected chi connectivity index (χ3v) is 5.93. The highest BCUT2D eigenvalue weighted by Crippen LogP contribution is 2.37. The first kappa shape index (κ1) is 15.5. The summed E-state index contributed by atoms with van der Waals surface area (Å²) in [6.07, 6.45) is 5.51. The van der Waals surface area contributed by atoms with Crippen molar-refractivity contribution in [1.82, 2.24) is 24.9 Å². The zero-order chi connectivity index (χ0) is 16.8. The van der Waals surface area contributed by atoms with Crippen molar-refractivity contribution in [1.29, 1.82) is 0 Å². The number of hydrogen-bond acceptors (Lipinski definition) is 5. The second kappa shape index (κ2) is 5.81. The lowest BCUT2D eigenvalue weighted by Crippen LogP contribution is -2.32.